The Hall–Kier alpha value is -2.17. The van der Waals surface area contributed by atoms with Crippen molar-refractivity contribution in [2.75, 3.05) is 0 Å². The van der Waals surface area contributed by atoms with Gasteiger partial charge in [0.2, 0.25) is 0 Å². The van der Waals surface area contributed by atoms with Gasteiger partial charge in [0.1, 0.15) is 5.82 Å². The first-order valence-corrected chi connectivity index (χ1v) is 8.34. The van der Waals surface area contributed by atoms with Crippen molar-refractivity contribution in [2.24, 2.45) is 11.7 Å². The molecule has 3 rings (SSSR count). The van der Waals surface area contributed by atoms with Crippen LogP contribution < -0.4 is 11.3 Å². The molecule has 4 nitrogen and oxygen atoms in total. The van der Waals surface area contributed by atoms with Gasteiger partial charge in [-0.2, -0.15) is 0 Å². The second-order valence-corrected chi connectivity index (χ2v) is 6.71. The maximum Gasteiger partial charge on any atom is 0.261 e. The van der Waals surface area contributed by atoms with Gasteiger partial charge >= 0.3 is 0 Å². The number of hydrogen-bond acceptors (Lipinski definition) is 3. The van der Waals surface area contributed by atoms with Crippen molar-refractivity contribution in [1.82, 2.24) is 9.55 Å². The third kappa shape index (κ3) is 3.21. The lowest BCUT2D eigenvalue weighted by atomic mass is 10.0. The Morgan fingerprint density at radius 3 is 2.54 bits per heavy atom. The molecule has 0 aliphatic carbocycles. The van der Waals surface area contributed by atoms with Crippen molar-refractivity contribution in [3.8, 4) is 0 Å². The van der Waals surface area contributed by atoms with Crippen LogP contribution in [-0.2, 0) is 6.54 Å². The number of nitrogens with zero attached hydrogens (tertiary/aromatic N) is 2. The molecule has 0 radical (unpaired) electrons. The van der Waals surface area contributed by atoms with Crippen LogP contribution in [0.2, 0.25) is 5.02 Å². The molecule has 124 valence electrons. The van der Waals surface area contributed by atoms with E-state index in [1.165, 1.54) is 0 Å². The summed E-state index contributed by atoms with van der Waals surface area (Å²) in [5, 5.41) is 1.11. The molecule has 0 aliphatic heterocycles. The number of halogens is 1. The predicted octanol–water partition coefficient (Wildman–Crippen LogP) is 3.75. The molecule has 0 unspecified atom stereocenters. The van der Waals surface area contributed by atoms with E-state index in [-0.39, 0.29) is 17.5 Å². The molecule has 24 heavy (non-hydrogen) atoms. The fourth-order valence-corrected chi connectivity index (χ4v) is 2.85. The largest absolute Gasteiger partial charge is 0.321 e. The summed E-state index contributed by atoms with van der Waals surface area (Å²) in [4.78, 5) is 17.7. The topological polar surface area (TPSA) is 60.9 Å². The van der Waals surface area contributed by atoms with Gasteiger partial charge in [-0.25, -0.2) is 4.98 Å². The fourth-order valence-electron chi connectivity index (χ4n) is 2.68. The van der Waals surface area contributed by atoms with Crippen molar-refractivity contribution in [1.29, 1.82) is 0 Å². The minimum absolute atomic E-state index is 0.0911. The Morgan fingerprint density at radius 1 is 1.17 bits per heavy atom. The molecule has 2 N–H and O–H groups in total. The van der Waals surface area contributed by atoms with E-state index in [1.54, 1.807) is 22.8 Å². The third-order valence-corrected chi connectivity index (χ3v) is 4.38. The van der Waals surface area contributed by atoms with Gasteiger partial charge < -0.3 is 5.73 Å². The van der Waals surface area contributed by atoms with Crippen LogP contribution >= 0.6 is 11.6 Å². The van der Waals surface area contributed by atoms with Crippen molar-refractivity contribution >= 4 is 22.5 Å². The zero-order valence-corrected chi connectivity index (χ0v) is 14.5. The number of hydrogen-bond donors (Lipinski definition) is 1. The van der Waals surface area contributed by atoms with E-state index < -0.39 is 0 Å². The van der Waals surface area contributed by atoms with Crippen molar-refractivity contribution < 1.29 is 0 Å². The highest BCUT2D eigenvalue weighted by atomic mass is 35.5. The van der Waals surface area contributed by atoms with Gasteiger partial charge in [0.05, 0.1) is 23.5 Å². The number of aromatic nitrogens is 2. The van der Waals surface area contributed by atoms with Gasteiger partial charge in [0.15, 0.2) is 0 Å². The molecule has 0 saturated heterocycles. The molecule has 2 aromatic carbocycles. The zero-order chi connectivity index (χ0) is 17.3. The van der Waals surface area contributed by atoms with Gasteiger partial charge in [-0.15, -0.1) is 0 Å². The molecular formula is C19H20ClN3O. The number of benzene rings is 2. The molecule has 0 amide bonds. The van der Waals surface area contributed by atoms with Crippen LogP contribution in [0.1, 0.15) is 31.3 Å². The van der Waals surface area contributed by atoms with Crippen molar-refractivity contribution in [3.63, 3.8) is 0 Å². The molecule has 1 heterocycles. The van der Waals surface area contributed by atoms with Gasteiger partial charge in [0, 0.05) is 5.02 Å². The molecule has 0 bridgehead atoms. The number of rotatable bonds is 4. The normalized spacial score (nSPS) is 12.7. The molecule has 0 aliphatic rings. The van der Waals surface area contributed by atoms with E-state index in [0.717, 1.165) is 5.56 Å². The summed E-state index contributed by atoms with van der Waals surface area (Å²) in [6.45, 7) is 4.48. The van der Waals surface area contributed by atoms with Crippen LogP contribution in [0.25, 0.3) is 10.9 Å². The lowest BCUT2D eigenvalue weighted by Gasteiger charge is -2.21. The minimum atomic E-state index is -0.329. The summed E-state index contributed by atoms with van der Waals surface area (Å²) < 4.78 is 1.68. The Labute approximate surface area is 145 Å². The molecule has 3 aromatic rings. The molecule has 1 aromatic heterocycles. The Bertz CT molecular complexity index is 919. The summed E-state index contributed by atoms with van der Waals surface area (Å²) in [7, 11) is 0. The lowest BCUT2D eigenvalue weighted by molar-refractivity contribution is 0.463. The van der Waals surface area contributed by atoms with Gasteiger partial charge in [-0.05, 0) is 29.7 Å². The highest BCUT2D eigenvalue weighted by Gasteiger charge is 2.20. The summed E-state index contributed by atoms with van der Waals surface area (Å²) in [5.74, 6) is 0.754. The first-order valence-electron chi connectivity index (χ1n) is 7.97. The van der Waals surface area contributed by atoms with E-state index in [4.69, 9.17) is 17.3 Å². The van der Waals surface area contributed by atoms with E-state index >= 15 is 0 Å². The van der Waals surface area contributed by atoms with Crippen LogP contribution in [0.3, 0.4) is 0 Å². The molecule has 0 fully saturated rings. The summed E-state index contributed by atoms with van der Waals surface area (Å²) >= 11 is 6.05. The minimum Gasteiger partial charge on any atom is -0.321 e. The van der Waals surface area contributed by atoms with Crippen LogP contribution in [0.4, 0.5) is 0 Å². The predicted molar refractivity (Wildman–Crippen MR) is 98.3 cm³/mol. The summed E-state index contributed by atoms with van der Waals surface area (Å²) in [5.41, 5.74) is 7.86. The van der Waals surface area contributed by atoms with E-state index in [9.17, 15) is 4.79 Å². The fraction of sp³-hybridized carbons (Fsp3) is 0.263. The van der Waals surface area contributed by atoms with Crippen molar-refractivity contribution in [2.45, 2.75) is 26.4 Å². The van der Waals surface area contributed by atoms with Gasteiger partial charge in [0.25, 0.3) is 5.56 Å². The monoisotopic (exact) mass is 341 g/mol. The van der Waals surface area contributed by atoms with Crippen LogP contribution in [0.15, 0.2) is 53.3 Å². The van der Waals surface area contributed by atoms with Crippen molar-refractivity contribution in [3.05, 3.63) is 75.3 Å². The maximum atomic E-state index is 13.0. The van der Waals surface area contributed by atoms with Crippen LogP contribution in [-0.4, -0.2) is 9.55 Å². The molecule has 0 saturated carbocycles. The lowest BCUT2D eigenvalue weighted by Crippen LogP contribution is -2.32. The average molecular weight is 342 g/mol. The Balaban J connectivity index is 2.24. The second-order valence-electron chi connectivity index (χ2n) is 6.28. The van der Waals surface area contributed by atoms with E-state index in [1.807, 2.05) is 44.2 Å². The zero-order valence-electron chi connectivity index (χ0n) is 13.7. The van der Waals surface area contributed by atoms with Crippen LogP contribution in [0.5, 0.6) is 0 Å². The number of fused-ring (bicyclic) bond motifs is 1. The molecule has 0 spiro atoms. The molecule has 1 atom stereocenters. The smallest absolute Gasteiger partial charge is 0.261 e. The highest BCUT2D eigenvalue weighted by molar-refractivity contribution is 6.31. The number of nitrogens with two attached hydrogens (primary N) is 1. The van der Waals surface area contributed by atoms with Gasteiger partial charge in [-0.1, -0.05) is 55.8 Å². The first-order chi connectivity index (χ1) is 11.5. The average Bonchev–Trinajstić information content (AvgIpc) is 2.57. The standard InChI is InChI=1S/C19H20ClN3O/c1-12(2)17(21)18-22-16-10-14(20)8-9-15(16)19(24)23(18)11-13-6-4-3-5-7-13/h3-10,12,17H,11,21H2,1-2H3/t17-/m0/s1. The van der Waals surface area contributed by atoms with E-state index in [0.29, 0.717) is 28.3 Å². The third-order valence-electron chi connectivity index (χ3n) is 4.15. The highest BCUT2D eigenvalue weighted by Crippen LogP contribution is 2.21. The summed E-state index contributed by atoms with van der Waals surface area (Å²) in [6.07, 6.45) is 0. The second kappa shape index (κ2) is 6.75. The Morgan fingerprint density at radius 2 is 1.88 bits per heavy atom. The molecule has 5 heteroatoms. The summed E-state index contributed by atoms with van der Waals surface area (Å²) in [6, 6.07) is 14.7. The molecular weight excluding hydrogens is 322 g/mol. The van der Waals surface area contributed by atoms with Crippen LogP contribution in [0, 0.1) is 5.92 Å². The quantitative estimate of drug-likeness (QED) is 0.786. The van der Waals surface area contributed by atoms with Gasteiger partial charge in [-0.3, -0.25) is 9.36 Å². The Kier molecular flexibility index (Phi) is 4.69. The van der Waals surface area contributed by atoms with E-state index in [2.05, 4.69) is 4.98 Å². The SMILES string of the molecule is CC(C)[C@H](N)c1nc2cc(Cl)ccc2c(=O)n1Cc1ccccc1. The maximum absolute atomic E-state index is 13.0. The first kappa shape index (κ1) is 16.7.